The molecule has 0 fully saturated rings. The van der Waals surface area contributed by atoms with E-state index in [1.54, 1.807) is 6.07 Å². The molecule has 0 heterocycles. The average Bonchev–Trinajstić information content (AvgIpc) is 2.30. The number of hydrogen-bond acceptors (Lipinski definition) is 1. The number of methoxy groups -OCH3 is 1. The summed E-state index contributed by atoms with van der Waals surface area (Å²) < 4.78 is 19.2. The normalized spacial score (nSPS) is 13.4. The molecular weight excluding hydrogens is 331 g/mol. The van der Waals surface area contributed by atoms with Gasteiger partial charge in [-0.1, -0.05) is 27.7 Å². The van der Waals surface area contributed by atoms with Crippen molar-refractivity contribution in [2.75, 3.05) is 7.11 Å². The van der Waals surface area contributed by atoms with Gasteiger partial charge in [0.15, 0.2) is 0 Å². The molecule has 0 aliphatic heterocycles. The van der Waals surface area contributed by atoms with Crippen LogP contribution in [0.1, 0.15) is 38.6 Å². The molecular formula is C15H21BrClFO. The fourth-order valence-corrected chi connectivity index (χ4v) is 3.70. The van der Waals surface area contributed by atoms with Gasteiger partial charge in [-0.3, -0.25) is 0 Å². The van der Waals surface area contributed by atoms with Crippen LogP contribution in [-0.4, -0.2) is 7.11 Å². The molecule has 0 radical (unpaired) electrons. The lowest BCUT2D eigenvalue weighted by molar-refractivity contribution is 0.274. The summed E-state index contributed by atoms with van der Waals surface area (Å²) in [6.45, 7) is 8.63. The molecule has 108 valence electrons. The van der Waals surface area contributed by atoms with Gasteiger partial charge in [0.2, 0.25) is 0 Å². The highest BCUT2D eigenvalue weighted by molar-refractivity contribution is 9.10. The average molecular weight is 352 g/mol. The van der Waals surface area contributed by atoms with Crippen molar-refractivity contribution in [2.24, 2.45) is 17.8 Å². The summed E-state index contributed by atoms with van der Waals surface area (Å²) >= 11 is 9.86. The van der Waals surface area contributed by atoms with Crippen LogP contribution in [0.2, 0.25) is 0 Å². The molecule has 1 rings (SSSR count). The van der Waals surface area contributed by atoms with Gasteiger partial charge in [-0.05, 0) is 39.8 Å². The number of halogens is 3. The molecule has 19 heavy (non-hydrogen) atoms. The minimum Gasteiger partial charge on any atom is -0.496 e. The van der Waals surface area contributed by atoms with E-state index in [1.165, 1.54) is 13.2 Å². The highest BCUT2D eigenvalue weighted by Gasteiger charge is 2.29. The van der Waals surface area contributed by atoms with Gasteiger partial charge >= 0.3 is 0 Å². The molecule has 4 heteroatoms. The molecule has 1 unspecified atom stereocenters. The first-order chi connectivity index (χ1) is 8.79. The lowest BCUT2D eigenvalue weighted by Crippen LogP contribution is -2.21. The zero-order valence-corrected chi connectivity index (χ0v) is 14.3. The lowest BCUT2D eigenvalue weighted by atomic mass is 9.80. The SMILES string of the molecule is COc1cc(F)c(Br)cc1C(Cl)C(C(C)C)C(C)C. The Kier molecular flexibility index (Phi) is 6.13. The van der Waals surface area contributed by atoms with E-state index in [4.69, 9.17) is 16.3 Å². The topological polar surface area (TPSA) is 9.23 Å². The van der Waals surface area contributed by atoms with E-state index in [-0.39, 0.29) is 11.2 Å². The Balaban J connectivity index is 3.23. The van der Waals surface area contributed by atoms with Crippen LogP contribution in [0.5, 0.6) is 5.75 Å². The number of hydrogen-bond donors (Lipinski definition) is 0. The number of rotatable bonds is 5. The standard InChI is InChI=1S/C15H21BrClFO/c1-8(2)14(9(3)4)15(17)10-6-11(16)12(18)7-13(10)19-5/h6-9,14-15H,1-5H3. The Bertz CT molecular complexity index is 426. The first-order valence-corrected chi connectivity index (χ1v) is 7.69. The highest BCUT2D eigenvalue weighted by Crippen LogP contribution is 2.43. The zero-order valence-electron chi connectivity index (χ0n) is 12.0. The second kappa shape index (κ2) is 6.94. The minimum absolute atomic E-state index is 0.202. The summed E-state index contributed by atoms with van der Waals surface area (Å²) in [7, 11) is 1.54. The fourth-order valence-electron chi connectivity index (χ4n) is 2.59. The Morgan fingerprint density at radius 3 is 2.11 bits per heavy atom. The maximum atomic E-state index is 13.6. The molecule has 0 bridgehead atoms. The van der Waals surface area contributed by atoms with Crippen LogP contribution in [-0.2, 0) is 0 Å². The predicted octanol–water partition coefficient (Wildman–Crippen LogP) is 5.80. The molecule has 0 saturated carbocycles. The van der Waals surface area contributed by atoms with Gasteiger partial charge in [0, 0.05) is 11.6 Å². The number of benzene rings is 1. The van der Waals surface area contributed by atoms with Gasteiger partial charge in [0.05, 0.1) is 17.0 Å². The molecule has 0 saturated heterocycles. The summed E-state index contributed by atoms with van der Waals surface area (Å²) in [6.07, 6.45) is 0. The third kappa shape index (κ3) is 3.85. The first kappa shape index (κ1) is 16.8. The first-order valence-electron chi connectivity index (χ1n) is 6.46. The lowest BCUT2D eigenvalue weighted by Gasteiger charge is -2.30. The molecule has 0 aliphatic carbocycles. The van der Waals surface area contributed by atoms with Crippen LogP contribution >= 0.6 is 27.5 Å². The molecule has 1 atom stereocenters. The summed E-state index contributed by atoms with van der Waals surface area (Å²) in [5.74, 6) is 1.35. The summed E-state index contributed by atoms with van der Waals surface area (Å²) in [5, 5.41) is -0.202. The van der Waals surface area contributed by atoms with Crippen LogP contribution in [0.3, 0.4) is 0 Å². The molecule has 0 amide bonds. The van der Waals surface area contributed by atoms with Crippen molar-refractivity contribution >= 4 is 27.5 Å². The van der Waals surface area contributed by atoms with Crippen molar-refractivity contribution in [1.82, 2.24) is 0 Å². The Labute approximate surface area is 128 Å². The van der Waals surface area contributed by atoms with Gasteiger partial charge < -0.3 is 4.74 Å². The van der Waals surface area contributed by atoms with Crippen molar-refractivity contribution < 1.29 is 9.13 Å². The van der Waals surface area contributed by atoms with Crippen molar-refractivity contribution in [3.05, 3.63) is 28.0 Å². The van der Waals surface area contributed by atoms with E-state index in [0.717, 1.165) is 5.56 Å². The molecule has 1 nitrogen and oxygen atoms in total. The highest BCUT2D eigenvalue weighted by atomic mass is 79.9. The van der Waals surface area contributed by atoms with Crippen LogP contribution in [0, 0.1) is 23.6 Å². The summed E-state index contributed by atoms with van der Waals surface area (Å²) in [6, 6.07) is 3.11. The van der Waals surface area contributed by atoms with Crippen molar-refractivity contribution in [3.8, 4) is 5.75 Å². The fraction of sp³-hybridized carbons (Fsp3) is 0.600. The van der Waals surface area contributed by atoms with E-state index in [2.05, 4.69) is 43.6 Å². The third-order valence-electron chi connectivity index (χ3n) is 3.45. The maximum absolute atomic E-state index is 13.6. The van der Waals surface area contributed by atoms with Crippen LogP contribution in [0.4, 0.5) is 4.39 Å². The zero-order chi connectivity index (χ0) is 14.7. The summed E-state index contributed by atoms with van der Waals surface area (Å²) in [4.78, 5) is 0. The van der Waals surface area contributed by atoms with Crippen molar-refractivity contribution in [2.45, 2.75) is 33.1 Å². The third-order valence-corrected chi connectivity index (χ3v) is 4.58. The van der Waals surface area contributed by atoms with Gasteiger partial charge in [-0.2, -0.15) is 0 Å². The smallest absolute Gasteiger partial charge is 0.141 e. The van der Waals surface area contributed by atoms with Gasteiger partial charge in [-0.25, -0.2) is 4.39 Å². The van der Waals surface area contributed by atoms with Crippen molar-refractivity contribution in [3.63, 3.8) is 0 Å². The van der Waals surface area contributed by atoms with Crippen molar-refractivity contribution in [1.29, 1.82) is 0 Å². The Morgan fingerprint density at radius 1 is 1.16 bits per heavy atom. The monoisotopic (exact) mass is 350 g/mol. The van der Waals surface area contributed by atoms with Crippen LogP contribution in [0.25, 0.3) is 0 Å². The van der Waals surface area contributed by atoms with E-state index in [9.17, 15) is 4.39 Å². The minimum atomic E-state index is -0.338. The van der Waals surface area contributed by atoms with E-state index >= 15 is 0 Å². The van der Waals surface area contributed by atoms with Crippen LogP contribution < -0.4 is 4.74 Å². The van der Waals surface area contributed by atoms with E-state index < -0.39 is 0 Å². The van der Waals surface area contributed by atoms with E-state index in [1.807, 2.05) is 0 Å². The molecule has 0 N–H and O–H groups in total. The Hall–Kier alpha value is -0.280. The second-order valence-electron chi connectivity index (χ2n) is 5.48. The van der Waals surface area contributed by atoms with Gasteiger partial charge in [0.25, 0.3) is 0 Å². The maximum Gasteiger partial charge on any atom is 0.141 e. The second-order valence-corrected chi connectivity index (χ2v) is 6.80. The number of alkyl halides is 1. The van der Waals surface area contributed by atoms with Crippen LogP contribution in [0.15, 0.2) is 16.6 Å². The molecule has 0 aliphatic rings. The molecule has 1 aromatic carbocycles. The Morgan fingerprint density at radius 2 is 1.68 bits per heavy atom. The predicted molar refractivity (Wildman–Crippen MR) is 82.4 cm³/mol. The van der Waals surface area contributed by atoms with Gasteiger partial charge in [-0.15, -0.1) is 11.6 Å². The largest absolute Gasteiger partial charge is 0.496 e. The molecule has 1 aromatic rings. The van der Waals surface area contributed by atoms with Gasteiger partial charge in [0.1, 0.15) is 11.6 Å². The van der Waals surface area contributed by atoms with E-state index in [0.29, 0.717) is 28.0 Å². The summed E-state index contributed by atoms with van der Waals surface area (Å²) in [5.41, 5.74) is 0.838. The molecule has 0 aromatic heterocycles. The molecule has 0 spiro atoms. The quantitative estimate of drug-likeness (QED) is 0.609. The number of ether oxygens (including phenoxy) is 1.